The number of nitrogens with zero attached hydrogens (tertiary/aromatic N) is 2. The Morgan fingerprint density at radius 2 is 2.33 bits per heavy atom. The molecule has 1 aromatic carbocycles. The minimum Gasteiger partial charge on any atom is -0.314 e. The Labute approximate surface area is 109 Å². The summed E-state index contributed by atoms with van der Waals surface area (Å²) in [7, 11) is 0. The summed E-state index contributed by atoms with van der Waals surface area (Å²) in [5.74, 6) is 0.648. The van der Waals surface area contributed by atoms with Crippen LogP contribution in [0.4, 0.5) is 5.69 Å². The van der Waals surface area contributed by atoms with Crippen LogP contribution in [0.5, 0.6) is 0 Å². The second-order valence-electron chi connectivity index (χ2n) is 5.44. The molecule has 2 atom stereocenters. The molecule has 2 fully saturated rings. The molecule has 1 N–H and O–H groups in total. The van der Waals surface area contributed by atoms with Gasteiger partial charge in [-0.25, -0.2) is 4.85 Å². The molecule has 0 aliphatic carbocycles. The molecule has 0 saturated carbocycles. The van der Waals surface area contributed by atoms with Crippen molar-refractivity contribution in [3.8, 4) is 0 Å². The fraction of sp³-hybridized carbons (Fsp3) is 0.533. The average Bonchev–Trinajstić information content (AvgIpc) is 2.81. The van der Waals surface area contributed by atoms with E-state index in [1.54, 1.807) is 0 Å². The first kappa shape index (κ1) is 11.7. The second-order valence-corrected chi connectivity index (χ2v) is 5.44. The van der Waals surface area contributed by atoms with E-state index in [-0.39, 0.29) is 0 Å². The minimum atomic E-state index is 0.648. The number of fused-ring (bicyclic) bond motifs is 1. The molecule has 94 valence electrons. The summed E-state index contributed by atoms with van der Waals surface area (Å²) >= 11 is 0. The van der Waals surface area contributed by atoms with Crippen LogP contribution in [0.2, 0.25) is 0 Å². The number of hydrogen-bond donors (Lipinski definition) is 1. The molecular formula is C15H19N3. The van der Waals surface area contributed by atoms with E-state index in [0.717, 1.165) is 18.8 Å². The maximum atomic E-state index is 7.06. The molecule has 3 heteroatoms. The van der Waals surface area contributed by atoms with Gasteiger partial charge in [0.1, 0.15) is 0 Å². The normalized spacial score (nSPS) is 27.8. The lowest BCUT2D eigenvalue weighted by Gasteiger charge is -2.29. The van der Waals surface area contributed by atoms with E-state index in [1.807, 2.05) is 12.1 Å². The fourth-order valence-corrected chi connectivity index (χ4v) is 3.37. The lowest BCUT2D eigenvalue weighted by molar-refractivity contribution is 0.211. The predicted octanol–water partition coefficient (Wildman–Crippen LogP) is 2.31. The third-order valence-electron chi connectivity index (χ3n) is 4.31. The van der Waals surface area contributed by atoms with Gasteiger partial charge in [0.25, 0.3) is 0 Å². The zero-order chi connectivity index (χ0) is 12.5. The highest BCUT2D eigenvalue weighted by molar-refractivity contribution is 5.50. The summed E-state index contributed by atoms with van der Waals surface area (Å²) in [5, 5.41) is 3.48. The number of benzene rings is 1. The fourth-order valence-electron chi connectivity index (χ4n) is 3.37. The molecule has 1 aromatic rings. The molecule has 2 aliphatic rings. The second kappa shape index (κ2) is 4.72. The van der Waals surface area contributed by atoms with E-state index in [2.05, 4.69) is 28.1 Å². The van der Waals surface area contributed by atoms with Crippen molar-refractivity contribution in [3.63, 3.8) is 0 Å². The molecule has 1 unspecified atom stereocenters. The number of rotatable bonds is 1. The van der Waals surface area contributed by atoms with Gasteiger partial charge in [-0.1, -0.05) is 23.8 Å². The maximum Gasteiger partial charge on any atom is 0.187 e. The van der Waals surface area contributed by atoms with Crippen molar-refractivity contribution < 1.29 is 0 Å². The van der Waals surface area contributed by atoms with Gasteiger partial charge in [0.05, 0.1) is 6.57 Å². The van der Waals surface area contributed by atoms with Gasteiger partial charge in [0.15, 0.2) is 5.69 Å². The SMILES string of the molecule is [C-]#[N+]c1ccc(C2C[C@H]3CNCCN3C2)c(C)c1. The molecule has 3 nitrogen and oxygen atoms in total. The van der Waals surface area contributed by atoms with Crippen LogP contribution >= 0.6 is 0 Å². The topological polar surface area (TPSA) is 19.6 Å². The van der Waals surface area contributed by atoms with E-state index in [0.29, 0.717) is 12.0 Å². The highest BCUT2D eigenvalue weighted by Crippen LogP contribution is 2.34. The van der Waals surface area contributed by atoms with Gasteiger partial charge in [0, 0.05) is 32.2 Å². The van der Waals surface area contributed by atoms with E-state index in [4.69, 9.17) is 6.57 Å². The lowest BCUT2D eigenvalue weighted by Crippen LogP contribution is -2.47. The predicted molar refractivity (Wildman–Crippen MR) is 73.0 cm³/mol. The van der Waals surface area contributed by atoms with Crippen molar-refractivity contribution in [2.24, 2.45) is 0 Å². The Hall–Kier alpha value is -1.37. The smallest absolute Gasteiger partial charge is 0.187 e. The summed E-state index contributed by atoms with van der Waals surface area (Å²) in [6.45, 7) is 13.8. The molecule has 2 heterocycles. The Morgan fingerprint density at radius 1 is 1.44 bits per heavy atom. The first-order valence-electron chi connectivity index (χ1n) is 6.70. The Kier molecular flexibility index (Phi) is 3.07. The van der Waals surface area contributed by atoms with Crippen LogP contribution < -0.4 is 5.32 Å². The molecule has 0 spiro atoms. The Morgan fingerprint density at radius 3 is 3.06 bits per heavy atom. The third-order valence-corrected chi connectivity index (χ3v) is 4.31. The van der Waals surface area contributed by atoms with Crippen molar-refractivity contribution in [2.45, 2.75) is 25.3 Å². The maximum absolute atomic E-state index is 7.06. The Balaban J connectivity index is 1.82. The van der Waals surface area contributed by atoms with E-state index >= 15 is 0 Å². The lowest BCUT2D eigenvalue weighted by atomic mass is 9.92. The summed E-state index contributed by atoms with van der Waals surface area (Å²) in [5.41, 5.74) is 3.48. The molecule has 0 aromatic heterocycles. The summed E-state index contributed by atoms with van der Waals surface area (Å²) in [6.07, 6.45) is 1.26. The number of aryl methyl sites for hydroxylation is 1. The number of nitrogens with one attached hydrogen (secondary N) is 1. The van der Waals surface area contributed by atoms with Crippen LogP contribution in [0.3, 0.4) is 0 Å². The molecule has 0 bridgehead atoms. The van der Waals surface area contributed by atoms with Crippen molar-refractivity contribution in [3.05, 3.63) is 40.7 Å². The summed E-state index contributed by atoms with van der Waals surface area (Å²) in [6, 6.07) is 6.87. The highest BCUT2D eigenvalue weighted by atomic mass is 15.2. The molecular weight excluding hydrogens is 222 g/mol. The third kappa shape index (κ3) is 2.03. The van der Waals surface area contributed by atoms with Gasteiger partial charge in [-0.05, 0) is 24.8 Å². The standard InChI is InChI=1S/C15H19N3/c1-11-7-13(16-2)3-4-15(11)12-8-14-9-17-5-6-18(14)10-12/h3-4,7,12,14,17H,5-6,8-10H2,1H3/t12?,14-/m0/s1. The van der Waals surface area contributed by atoms with Crippen LogP contribution in [-0.2, 0) is 0 Å². The van der Waals surface area contributed by atoms with E-state index < -0.39 is 0 Å². The average molecular weight is 241 g/mol. The number of piperazine rings is 1. The monoisotopic (exact) mass is 241 g/mol. The molecule has 18 heavy (non-hydrogen) atoms. The molecule has 2 saturated heterocycles. The Bertz CT molecular complexity index is 475. The minimum absolute atomic E-state index is 0.648. The van der Waals surface area contributed by atoms with Crippen molar-refractivity contribution >= 4 is 5.69 Å². The van der Waals surface area contributed by atoms with Crippen LogP contribution in [-0.4, -0.2) is 37.1 Å². The van der Waals surface area contributed by atoms with E-state index in [1.165, 1.54) is 30.6 Å². The largest absolute Gasteiger partial charge is 0.314 e. The van der Waals surface area contributed by atoms with Crippen LogP contribution in [0, 0.1) is 13.5 Å². The van der Waals surface area contributed by atoms with Crippen molar-refractivity contribution in [1.82, 2.24) is 10.2 Å². The molecule has 0 radical (unpaired) electrons. The quantitative estimate of drug-likeness (QED) is 0.761. The van der Waals surface area contributed by atoms with Gasteiger partial charge in [-0.15, -0.1) is 0 Å². The molecule has 2 aliphatic heterocycles. The van der Waals surface area contributed by atoms with Crippen molar-refractivity contribution in [1.29, 1.82) is 0 Å². The van der Waals surface area contributed by atoms with Crippen molar-refractivity contribution in [2.75, 3.05) is 26.2 Å². The van der Waals surface area contributed by atoms with E-state index in [9.17, 15) is 0 Å². The summed E-state index contributed by atoms with van der Waals surface area (Å²) in [4.78, 5) is 6.12. The van der Waals surface area contributed by atoms with Gasteiger partial charge in [0.2, 0.25) is 0 Å². The van der Waals surface area contributed by atoms with Crippen LogP contribution in [0.1, 0.15) is 23.5 Å². The van der Waals surface area contributed by atoms with Crippen LogP contribution in [0.25, 0.3) is 4.85 Å². The molecule has 0 amide bonds. The van der Waals surface area contributed by atoms with Gasteiger partial charge in [-0.3, -0.25) is 4.90 Å². The summed E-state index contributed by atoms with van der Waals surface area (Å²) < 4.78 is 0. The van der Waals surface area contributed by atoms with Gasteiger partial charge in [-0.2, -0.15) is 0 Å². The first-order valence-corrected chi connectivity index (χ1v) is 6.70. The van der Waals surface area contributed by atoms with Crippen LogP contribution in [0.15, 0.2) is 18.2 Å². The first-order chi connectivity index (χ1) is 8.78. The van der Waals surface area contributed by atoms with Gasteiger partial charge < -0.3 is 5.32 Å². The number of hydrogen-bond acceptors (Lipinski definition) is 2. The van der Waals surface area contributed by atoms with Gasteiger partial charge >= 0.3 is 0 Å². The molecule has 3 rings (SSSR count). The zero-order valence-corrected chi connectivity index (χ0v) is 10.8. The zero-order valence-electron chi connectivity index (χ0n) is 10.8. The highest BCUT2D eigenvalue weighted by Gasteiger charge is 2.34.